The maximum Gasteiger partial charge on any atom is 0.305 e. The number of hydrogen-bond donors (Lipinski definition) is 2. The normalized spacial score (nSPS) is 11.1. The Morgan fingerprint density at radius 2 is 2.00 bits per heavy atom. The topological polar surface area (TPSA) is 61.1 Å². The van der Waals surface area contributed by atoms with E-state index in [1.54, 1.807) is 10.8 Å². The Morgan fingerprint density at radius 3 is 2.82 bits per heavy atom. The van der Waals surface area contributed by atoms with Gasteiger partial charge in [0.1, 0.15) is 0 Å². The average molecular weight is 293 g/mol. The van der Waals surface area contributed by atoms with E-state index in [9.17, 15) is 4.79 Å². The van der Waals surface area contributed by atoms with Crippen molar-refractivity contribution < 1.29 is 9.36 Å². The van der Waals surface area contributed by atoms with E-state index < -0.39 is 0 Å². The summed E-state index contributed by atoms with van der Waals surface area (Å²) in [4.78, 5) is 15.1. The summed E-state index contributed by atoms with van der Waals surface area (Å²) in [5.41, 5.74) is 5.63. The van der Waals surface area contributed by atoms with Crippen LogP contribution in [0.25, 0.3) is 10.9 Å². The van der Waals surface area contributed by atoms with Gasteiger partial charge in [-0.25, -0.2) is 5.43 Å². The summed E-state index contributed by atoms with van der Waals surface area (Å²) in [6.45, 7) is 2.23. The molecule has 3 rings (SSSR count). The molecule has 0 aliphatic heterocycles. The van der Waals surface area contributed by atoms with Crippen molar-refractivity contribution in [1.82, 2.24) is 10.4 Å². The fourth-order valence-electron chi connectivity index (χ4n) is 2.37. The molecule has 2 aromatic heterocycles. The SMILES string of the molecule is Cc1[nH]c2ccccc2c1/C=N/NC(=O)C[n+]1ccccc1. The first-order valence-electron chi connectivity index (χ1n) is 7.07. The van der Waals surface area contributed by atoms with Gasteiger partial charge in [-0.2, -0.15) is 9.67 Å². The Bertz CT molecular complexity index is 821. The highest BCUT2D eigenvalue weighted by Gasteiger charge is 2.08. The third-order valence-electron chi connectivity index (χ3n) is 3.43. The first kappa shape index (κ1) is 14.0. The molecule has 0 bridgehead atoms. The molecule has 0 fully saturated rings. The molecule has 0 saturated heterocycles. The van der Waals surface area contributed by atoms with Crippen LogP contribution < -0.4 is 9.99 Å². The minimum absolute atomic E-state index is 0.162. The molecule has 0 spiro atoms. The van der Waals surface area contributed by atoms with Crippen molar-refractivity contribution in [2.45, 2.75) is 13.5 Å². The lowest BCUT2D eigenvalue weighted by Gasteiger charge is -1.97. The Labute approximate surface area is 128 Å². The number of rotatable bonds is 4. The number of nitrogens with one attached hydrogen (secondary N) is 2. The molecule has 22 heavy (non-hydrogen) atoms. The molecule has 110 valence electrons. The number of para-hydroxylation sites is 1. The lowest BCUT2D eigenvalue weighted by atomic mass is 10.1. The van der Waals surface area contributed by atoms with Crippen molar-refractivity contribution >= 4 is 23.0 Å². The van der Waals surface area contributed by atoms with Crippen molar-refractivity contribution in [3.8, 4) is 0 Å². The second kappa shape index (κ2) is 6.22. The largest absolute Gasteiger partial charge is 0.358 e. The van der Waals surface area contributed by atoms with Crippen molar-refractivity contribution in [3.63, 3.8) is 0 Å². The third kappa shape index (κ3) is 3.03. The van der Waals surface area contributed by atoms with E-state index in [-0.39, 0.29) is 12.5 Å². The number of benzene rings is 1. The van der Waals surface area contributed by atoms with Gasteiger partial charge in [-0.05, 0) is 13.0 Å². The van der Waals surface area contributed by atoms with Crippen LogP contribution in [0.3, 0.4) is 0 Å². The fourth-order valence-corrected chi connectivity index (χ4v) is 2.37. The highest BCUT2D eigenvalue weighted by Crippen LogP contribution is 2.19. The van der Waals surface area contributed by atoms with E-state index in [1.807, 2.05) is 61.8 Å². The maximum absolute atomic E-state index is 11.8. The van der Waals surface area contributed by atoms with Crippen molar-refractivity contribution in [1.29, 1.82) is 0 Å². The van der Waals surface area contributed by atoms with Crippen LogP contribution in [-0.2, 0) is 11.3 Å². The predicted molar refractivity (Wildman–Crippen MR) is 85.4 cm³/mol. The molecule has 0 radical (unpaired) electrons. The minimum atomic E-state index is -0.162. The van der Waals surface area contributed by atoms with Gasteiger partial charge in [0.05, 0.1) is 6.21 Å². The lowest BCUT2D eigenvalue weighted by Crippen LogP contribution is -2.40. The second-order valence-electron chi connectivity index (χ2n) is 5.05. The molecular weight excluding hydrogens is 276 g/mol. The molecule has 5 nitrogen and oxygen atoms in total. The quantitative estimate of drug-likeness (QED) is 0.431. The van der Waals surface area contributed by atoms with Crippen LogP contribution in [0.5, 0.6) is 0 Å². The summed E-state index contributed by atoms with van der Waals surface area (Å²) in [6.07, 6.45) is 5.36. The summed E-state index contributed by atoms with van der Waals surface area (Å²) < 4.78 is 1.79. The molecule has 3 aromatic rings. The van der Waals surface area contributed by atoms with Crippen LogP contribution in [0, 0.1) is 6.92 Å². The third-order valence-corrected chi connectivity index (χ3v) is 3.43. The molecule has 0 aliphatic carbocycles. The van der Waals surface area contributed by atoms with E-state index in [0.29, 0.717) is 0 Å². The number of aromatic amines is 1. The number of fused-ring (bicyclic) bond motifs is 1. The van der Waals surface area contributed by atoms with Gasteiger partial charge < -0.3 is 4.98 Å². The number of nitrogens with zero attached hydrogens (tertiary/aromatic N) is 2. The van der Waals surface area contributed by atoms with Crippen molar-refractivity contribution in [2.24, 2.45) is 5.10 Å². The number of carbonyl (C=O) groups excluding carboxylic acids is 1. The summed E-state index contributed by atoms with van der Waals surface area (Å²) in [5.74, 6) is -0.162. The van der Waals surface area contributed by atoms with Gasteiger partial charge in [0.15, 0.2) is 12.4 Å². The highest BCUT2D eigenvalue weighted by atomic mass is 16.2. The first-order valence-corrected chi connectivity index (χ1v) is 7.07. The van der Waals surface area contributed by atoms with E-state index in [1.165, 1.54) is 0 Å². The van der Waals surface area contributed by atoms with Crippen LogP contribution in [0.4, 0.5) is 0 Å². The molecule has 1 amide bonds. The van der Waals surface area contributed by atoms with Crippen molar-refractivity contribution in [2.75, 3.05) is 0 Å². The Morgan fingerprint density at radius 1 is 1.23 bits per heavy atom. The van der Waals surface area contributed by atoms with E-state index >= 15 is 0 Å². The molecule has 2 heterocycles. The molecule has 1 aromatic carbocycles. The smallest absolute Gasteiger partial charge is 0.305 e. The monoisotopic (exact) mass is 293 g/mol. The molecule has 0 aliphatic rings. The maximum atomic E-state index is 11.8. The summed E-state index contributed by atoms with van der Waals surface area (Å²) in [6, 6.07) is 13.7. The van der Waals surface area contributed by atoms with Gasteiger partial charge in [0, 0.05) is 34.3 Å². The summed E-state index contributed by atoms with van der Waals surface area (Å²) in [5, 5.41) is 5.16. The molecule has 0 saturated carbocycles. The van der Waals surface area contributed by atoms with E-state index in [4.69, 9.17) is 0 Å². The molecular formula is C17H17N4O+. The molecule has 0 unspecified atom stereocenters. The number of carbonyl (C=O) groups is 1. The number of aryl methyl sites for hydroxylation is 1. The number of hydrazone groups is 1. The van der Waals surface area contributed by atoms with Gasteiger partial charge >= 0.3 is 5.91 Å². The standard InChI is InChI=1S/C17H16N4O/c1-13-15(14-7-3-4-8-16(14)19-13)11-18-20-17(22)12-21-9-5-2-6-10-21/h2-11H,12H2,1H3,(H-,18,19,20,22)/p+1. The van der Waals surface area contributed by atoms with Gasteiger partial charge in [0.25, 0.3) is 0 Å². The average Bonchev–Trinajstić information content (AvgIpc) is 2.84. The zero-order valence-electron chi connectivity index (χ0n) is 12.3. The lowest BCUT2D eigenvalue weighted by molar-refractivity contribution is -0.684. The zero-order chi connectivity index (χ0) is 15.4. The van der Waals surface area contributed by atoms with E-state index in [2.05, 4.69) is 15.5 Å². The predicted octanol–water partition coefficient (Wildman–Crippen LogP) is 1.91. The van der Waals surface area contributed by atoms with Gasteiger partial charge in [0.2, 0.25) is 6.54 Å². The number of hydrogen-bond acceptors (Lipinski definition) is 2. The number of aromatic nitrogens is 2. The zero-order valence-corrected chi connectivity index (χ0v) is 12.3. The number of H-pyrrole nitrogens is 1. The molecule has 5 heteroatoms. The first-order chi connectivity index (χ1) is 10.7. The van der Waals surface area contributed by atoms with Gasteiger partial charge in [-0.3, -0.25) is 4.79 Å². The van der Waals surface area contributed by atoms with Crippen molar-refractivity contribution in [3.05, 3.63) is 66.1 Å². The molecule has 2 N–H and O–H groups in total. The summed E-state index contributed by atoms with van der Waals surface area (Å²) in [7, 11) is 0. The Kier molecular flexibility index (Phi) is 3.96. The van der Waals surface area contributed by atoms with Crippen LogP contribution >= 0.6 is 0 Å². The Hall–Kier alpha value is -2.95. The summed E-state index contributed by atoms with van der Waals surface area (Å²) >= 11 is 0. The number of amides is 1. The minimum Gasteiger partial charge on any atom is -0.358 e. The molecule has 0 atom stereocenters. The van der Waals surface area contributed by atoms with Crippen LogP contribution in [-0.4, -0.2) is 17.1 Å². The van der Waals surface area contributed by atoms with Gasteiger partial charge in [-0.1, -0.05) is 24.3 Å². The second-order valence-corrected chi connectivity index (χ2v) is 5.05. The van der Waals surface area contributed by atoms with E-state index in [0.717, 1.165) is 22.2 Å². The number of pyridine rings is 1. The van der Waals surface area contributed by atoms with Gasteiger partial charge in [-0.15, -0.1) is 0 Å². The van der Waals surface area contributed by atoms with Crippen LogP contribution in [0.1, 0.15) is 11.3 Å². The Balaban J connectivity index is 1.69. The fraction of sp³-hybridized carbons (Fsp3) is 0.118. The van der Waals surface area contributed by atoms with Crippen LogP contribution in [0.2, 0.25) is 0 Å². The van der Waals surface area contributed by atoms with Crippen LogP contribution in [0.15, 0.2) is 60.0 Å². The highest BCUT2D eigenvalue weighted by molar-refractivity contribution is 6.00.